The van der Waals surface area contributed by atoms with Crippen LogP contribution in [0.5, 0.6) is 0 Å². The molecule has 8 heteroatoms. The quantitative estimate of drug-likeness (QED) is 0.865. The van der Waals surface area contributed by atoms with Gasteiger partial charge in [-0.05, 0) is 12.8 Å². The molecule has 24 heavy (non-hydrogen) atoms. The van der Waals surface area contributed by atoms with Gasteiger partial charge in [-0.1, -0.05) is 0 Å². The molecule has 2 saturated heterocycles. The summed E-state index contributed by atoms with van der Waals surface area (Å²) in [6.45, 7) is 2.61. The first-order valence-corrected chi connectivity index (χ1v) is 8.47. The van der Waals surface area contributed by atoms with Crippen molar-refractivity contribution in [1.82, 2.24) is 24.7 Å². The number of anilines is 1. The highest BCUT2D eigenvalue weighted by Gasteiger charge is 2.34. The van der Waals surface area contributed by atoms with Crippen molar-refractivity contribution in [1.29, 1.82) is 0 Å². The molecule has 2 fully saturated rings. The molecular formula is C16H26N6O2. The van der Waals surface area contributed by atoms with Gasteiger partial charge in [0.05, 0.1) is 24.5 Å². The van der Waals surface area contributed by atoms with Crippen LogP contribution in [0, 0.1) is 0 Å². The van der Waals surface area contributed by atoms with Crippen LogP contribution in [0.4, 0.5) is 10.7 Å². The van der Waals surface area contributed by atoms with Crippen LogP contribution in [0.1, 0.15) is 25.0 Å². The number of amides is 3. The third-order valence-corrected chi connectivity index (χ3v) is 4.88. The molecular weight excluding hydrogens is 308 g/mol. The summed E-state index contributed by atoms with van der Waals surface area (Å²) in [6.07, 6.45) is 4.24. The highest BCUT2D eigenvalue weighted by Crippen LogP contribution is 2.21. The summed E-state index contributed by atoms with van der Waals surface area (Å²) in [6, 6.07) is 0.111. The minimum absolute atomic E-state index is 0.0725. The third-order valence-electron chi connectivity index (χ3n) is 4.88. The van der Waals surface area contributed by atoms with E-state index in [1.807, 2.05) is 35.5 Å². The molecule has 0 aromatic carbocycles. The van der Waals surface area contributed by atoms with Crippen molar-refractivity contribution in [2.75, 3.05) is 38.6 Å². The van der Waals surface area contributed by atoms with E-state index in [0.29, 0.717) is 26.1 Å². The molecule has 1 aromatic heterocycles. The standard InChI is InChI=1S/C16H26N6O2/c1-19(2)15-17-9-13(20(15)3)10-18-16(24)21-8-6-12(11-21)22-7-4-5-14(22)23/h9,12H,4-8,10-11H2,1-3H3,(H,18,24). The summed E-state index contributed by atoms with van der Waals surface area (Å²) in [4.78, 5) is 34.2. The summed E-state index contributed by atoms with van der Waals surface area (Å²) >= 11 is 0. The van der Waals surface area contributed by atoms with Crippen molar-refractivity contribution in [3.05, 3.63) is 11.9 Å². The number of aromatic nitrogens is 2. The van der Waals surface area contributed by atoms with E-state index >= 15 is 0 Å². The molecule has 1 atom stereocenters. The molecule has 2 aliphatic rings. The molecule has 0 saturated carbocycles. The zero-order valence-electron chi connectivity index (χ0n) is 14.7. The Kier molecular flexibility index (Phi) is 4.64. The van der Waals surface area contributed by atoms with Crippen LogP contribution in [0.25, 0.3) is 0 Å². The Morgan fingerprint density at radius 2 is 2.21 bits per heavy atom. The Labute approximate surface area is 142 Å². The summed E-state index contributed by atoms with van der Waals surface area (Å²) in [5, 5.41) is 2.96. The molecule has 0 spiro atoms. The maximum absolute atomic E-state index is 12.4. The molecule has 0 radical (unpaired) electrons. The molecule has 8 nitrogen and oxygen atoms in total. The molecule has 1 unspecified atom stereocenters. The second kappa shape index (κ2) is 6.70. The third kappa shape index (κ3) is 3.18. The van der Waals surface area contributed by atoms with Crippen molar-refractivity contribution >= 4 is 17.9 Å². The first-order valence-electron chi connectivity index (χ1n) is 8.47. The minimum atomic E-state index is -0.0725. The van der Waals surface area contributed by atoms with E-state index in [1.54, 1.807) is 11.1 Å². The van der Waals surface area contributed by atoms with E-state index in [0.717, 1.165) is 31.0 Å². The monoisotopic (exact) mass is 334 g/mol. The van der Waals surface area contributed by atoms with E-state index in [-0.39, 0.29) is 18.0 Å². The number of imidazole rings is 1. The van der Waals surface area contributed by atoms with E-state index < -0.39 is 0 Å². The Balaban J connectivity index is 1.52. The van der Waals surface area contributed by atoms with Crippen LogP contribution >= 0.6 is 0 Å². The van der Waals surface area contributed by atoms with E-state index in [9.17, 15) is 9.59 Å². The molecule has 132 valence electrons. The fourth-order valence-corrected chi connectivity index (χ4v) is 3.53. The second-order valence-corrected chi connectivity index (χ2v) is 6.74. The smallest absolute Gasteiger partial charge is 0.317 e. The van der Waals surface area contributed by atoms with Gasteiger partial charge in [0, 0.05) is 47.2 Å². The van der Waals surface area contributed by atoms with E-state index in [2.05, 4.69) is 10.3 Å². The molecule has 3 amide bonds. The normalized spacial score (nSPS) is 20.8. The van der Waals surface area contributed by atoms with Crippen LogP contribution in [0.2, 0.25) is 0 Å². The Hall–Kier alpha value is -2.25. The molecule has 0 bridgehead atoms. The SMILES string of the molecule is CN(C)c1ncc(CNC(=O)N2CCC(N3CCCC3=O)C2)n1C. The van der Waals surface area contributed by atoms with Crippen molar-refractivity contribution in [3.63, 3.8) is 0 Å². The fraction of sp³-hybridized carbons (Fsp3) is 0.688. The number of carbonyl (C=O) groups excluding carboxylic acids is 2. The Bertz CT molecular complexity index is 626. The van der Waals surface area contributed by atoms with Gasteiger partial charge in [0.2, 0.25) is 11.9 Å². The molecule has 3 rings (SSSR count). The van der Waals surface area contributed by atoms with Gasteiger partial charge < -0.3 is 24.6 Å². The maximum atomic E-state index is 12.4. The van der Waals surface area contributed by atoms with E-state index in [1.165, 1.54) is 0 Å². The zero-order chi connectivity index (χ0) is 17.3. The van der Waals surface area contributed by atoms with Crippen LogP contribution in [-0.4, -0.2) is 71.1 Å². The molecule has 3 heterocycles. The highest BCUT2D eigenvalue weighted by atomic mass is 16.2. The van der Waals surface area contributed by atoms with Crippen LogP contribution < -0.4 is 10.2 Å². The first kappa shape index (κ1) is 16.6. The summed E-state index contributed by atoms with van der Waals surface area (Å²) in [5.41, 5.74) is 0.956. The number of likely N-dealkylation sites (tertiary alicyclic amines) is 2. The lowest BCUT2D eigenvalue weighted by atomic mass is 10.2. The van der Waals surface area contributed by atoms with Gasteiger partial charge in [-0.3, -0.25) is 4.79 Å². The molecule has 2 aliphatic heterocycles. The average molecular weight is 334 g/mol. The number of hydrogen-bond acceptors (Lipinski definition) is 4. The van der Waals surface area contributed by atoms with E-state index in [4.69, 9.17) is 0 Å². The van der Waals surface area contributed by atoms with Gasteiger partial charge in [-0.2, -0.15) is 0 Å². The second-order valence-electron chi connectivity index (χ2n) is 6.74. The lowest BCUT2D eigenvalue weighted by Crippen LogP contribution is -2.42. The van der Waals surface area contributed by atoms with Crippen LogP contribution in [0.15, 0.2) is 6.20 Å². The number of nitrogens with zero attached hydrogens (tertiary/aromatic N) is 5. The van der Waals surface area contributed by atoms with Gasteiger partial charge in [0.15, 0.2) is 0 Å². The lowest BCUT2D eigenvalue weighted by Gasteiger charge is -2.24. The van der Waals surface area contributed by atoms with Crippen molar-refractivity contribution in [3.8, 4) is 0 Å². The number of nitrogens with one attached hydrogen (secondary N) is 1. The summed E-state index contributed by atoms with van der Waals surface area (Å²) in [5.74, 6) is 1.08. The van der Waals surface area contributed by atoms with Gasteiger partial charge in [0.25, 0.3) is 0 Å². The number of urea groups is 1. The Morgan fingerprint density at radius 3 is 2.83 bits per heavy atom. The van der Waals surface area contributed by atoms with Gasteiger partial charge in [0.1, 0.15) is 0 Å². The topological polar surface area (TPSA) is 73.7 Å². The van der Waals surface area contributed by atoms with Crippen molar-refractivity contribution in [2.45, 2.75) is 31.8 Å². The number of rotatable bonds is 4. The van der Waals surface area contributed by atoms with Gasteiger partial charge >= 0.3 is 6.03 Å². The molecule has 0 aliphatic carbocycles. The van der Waals surface area contributed by atoms with Crippen molar-refractivity contribution in [2.24, 2.45) is 7.05 Å². The maximum Gasteiger partial charge on any atom is 0.317 e. The highest BCUT2D eigenvalue weighted by molar-refractivity contribution is 5.79. The lowest BCUT2D eigenvalue weighted by molar-refractivity contribution is -0.129. The fourth-order valence-electron chi connectivity index (χ4n) is 3.53. The Morgan fingerprint density at radius 1 is 1.42 bits per heavy atom. The molecule has 1 N–H and O–H groups in total. The van der Waals surface area contributed by atoms with Gasteiger partial charge in [-0.25, -0.2) is 9.78 Å². The van der Waals surface area contributed by atoms with Gasteiger partial charge in [-0.15, -0.1) is 0 Å². The molecule has 1 aromatic rings. The summed E-state index contributed by atoms with van der Waals surface area (Å²) < 4.78 is 1.97. The summed E-state index contributed by atoms with van der Waals surface area (Å²) in [7, 11) is 5.82. The first-order chi connectivity index (χ1) is 11.5. The average Bonchev–Trinajstić information content (AvgIpc) is 3.24. The van der Waals surface area contributed by atoms with Crippen LogP contribution in [-0.2, 0) is 18.4 Å². The number of carbonyl (C=O) groups is 2. The van der Waals surface area contributed by atoms with Crippen LogP contribution in [0.3, 0.4) is 0 Å². The predicted octanol–water partition coefficient (Wildman–Crippen LogP) is 0.392. The predicted molar refractivity (Wildman–Crippen MR) is 90.7 cm³/mol. The van der Waals surface area contributed by atoms with Crippen molar-refractivity contribution < 1.29 is 9.59 Å². The zero-order valence-corrected chi connectivity index (χ0v) is 14.7. The number of hydrogen-bond donors (Lipinski definition) is 1. The minimum Gasteiger partial charge on any atom is -0.348 e. The largest absolute Gasteiger partial charge is 0.348 e.